The smallest absolute Gasteiger partial charge is 0.317 e. The number of esters is 1. The van der Waals surface area contributed by atoms with E-state index in [0.29, 0.717) is 17.5 Å². The molecule has 0 radical (unpaired) electrons. The SMILES string of the molecule is C[C@@H](C#N)OC(=O)CSc1nnc(-c2ccc(F)cc2)n1C[C@@H]1CCCO1. The number of hydrogen-bond donors (Lipinski definition) is 0. The molecule has 27 heavy (non-hydrogen) atoms. The first-order valence-corrected chi connectivity index (χ1v) is 9.58. The van der Waals surface area contributed by atoms with Gasteiger partial charge >= 0.3 is 5.97 Å². The van der Waals surface area contributed by atoms with Crippen LogP contribution in [0.4, 0.5) is 4.39 Å². The lowest BCUT2D eigenvalue weighted by Crippen LogP contribution is -2.18. The molecule has 9 heteroatoms. The molecule has 0 bridgehead atoms. The van der Waals surface area contributed by atoms with Crippen LogP contribution in [0, 0.1) is 17.1 Å². The van der Waals surface area contributed by atoms with Crippen LogP contribution in [0.5, 0.6) is 0 Å². The van der Waals surface area contributed by atoms with Gasteiger partial charge in [0.2, 0.25) is 0 Å². The molecule has 1 aromatic carbocycles. The Morgan fingerprint density at radius 3 is 2.93 bits per heavy atom. The Kier molecular flexibility index (Phi) is 6.42. The summed E-state index contributed by atoms with van der Waals surface area (Å²) in [6.07, 6.45) is 1.19. The summed E-state index contributed by atoms with van der Waals surface area (Å²) in [5.74, 6) is -0.220. The van der Waals surface area contributed by atoms with Crippen molar-refractivity contribution in [2.45, 2.75) is 43.7 Å². The van der Waals surface area contributed by atoms with Crippen LogP contribution in [0.15, 0.2) is 29.4 Å². The molecular formula is C18H19FN4O3S. The third kappa shape index (κ3) is 5.05. The number of hydrogen-bond acceptors (Lipinski definition) is 7. The molecule has 2 atom stereocenters. The lowest BCUT2D eigenvalue weighted by Gasteiger charge is -2.14. The molecular weight excluding hydrogens is 371 g/mol. The second kappa shape index (κ2) is 8.97. The van der Waals surface area contributed by atoms with Gasteiger partial charge in [-0.1, -0.05) is 11.8 Å². The first kappa shape index (κ1) is 19.3. The van der Waals surface area contributed by atoms with Crippen molar-refractivity contribution in [2.24, 2.45) is 0 Å². The van der Waals surface area contributed by atoms with Crippen LogP contribution >= 0.6 is 11.8 Å². The van der Waals surface area contributed by atoms with Gasteiger partial charge in [-0.05, 0) is 44.0 Å². The van der Waals surface area contributed by atoms with Crippen molar-refractivity contribution in [3.8, 4) is 17.5 Å². The monoisotopic (exact) mass is 390 g/mol. The van der Waals surface area contributed by atoms with Crippen LogP contribution < -0.4 is 0 Å². The average Bonchev–Trinajstić information content (AvgIpc) is 3.31. The van der Waals surface area contributed by atoms with E-state index in [0.717, 1.165) is 25.0 Å². The van der Waals surface area contributed by atoms with E-state index in [-0.39, 0.29) is 17.7 Å². The third-order valence-corrected chi connectivity index (χ3v) is 4.98. The van der Waals surface area contributed by atoms with Gasteiger partial charge in [0.1, 0.15) is 11.9 Å². The molecule has 0 spiro atoms. The number of benzene rings is 1. The quantitative estimate of drug-likeness (QED) is 0.530. The molecule has 2 aromatic rings. The Morgan fingerprint density at radius 2 is 2.26 bits per heavy atom. The number of rotatable bonds is 7. The molecule has 0 unspecified atom stereocenters. The lowest BCUT2D eigenvalue weighted by atomic mass is 10.2. The highest BCUT2D eigenvalue weighted by molar-refractivity contribution is 7.99. The molecule has 0 N–H and O–H groups in total. The van der Waals surface area contributed by atoms with E-state index < -0.39 is 12.1 Å². The minimum absolute atomic E-state index is 0.0130. The van der Waals surface area contributed by atoms with E-state index in [1.54, 1.807) is 12.1 Å². The zero-order chi connectivity index (χ0) is 19.2. The molecule has 1 aliphatic heterocycles. The maximum Gasteiger partial charge on any atom is 0.317 e. The fraction of sp³-hybridized carbons (Fsp3) is 0.444. The number of nitriles is 1. The summed E-state index contributed by atoms with van der Waals surface area (Å²) in [5.41, 5.74) is 0.731. The lowest BCUT2D eigenvalue weighted by molar-refractivity contribution is -0.142. The van der Waals surface area contributed by atoms with Crippen LogP contribution in [-0.2, 0) is 20.8 Å². The van der Waals surface area contributed by atoms with Gasteiger partial charge in [0.15, 0.2) is 17.1 Å². The van der Waals surface area contributed by atoms with Gasteiger partial charge in [-0.25, -0.2) is 4.39 Å². The van der Waals surface area contributed by atoms with Crippen LogP contribution in [0.3, 0.4) is 0 Å². The molecule has 1 aliphatic rings. The first-order chi connectivity index (χ1) is 13.1. The predicted molar refractivity (Wildman–Crippen MR) is 96.3 cm³/mol. The maximum absolute atomic E-state index is 13.2. The molecule has 2 heterocycles. The Morgan fingerprint density at radius 1 is 1.48 bits per heavy atom. The van der Waals surface area contributed by atoms with Crippen LogP contribution in [-0.4, -0.2) is 45.3 Å². The van der Waals surface area contributed by atoms with Gasteiger partial charge in [-0.3, -0.25) is 9.36 Å². The zero-order valence-corrected chi connectivity index (χ0v) is 15.6. The molecule has 7 nitrogen and oxygen atoms in total. The van der Waals surface area contributed by atoms with Crippen molar-refractivity contribution < 1.29 is 18.7 Å². The van der Waals surface area contributed by atoms with Gasteiger partial charge in [-0.2, -0.15) is 5.26 Å². The van der Waals surface area contributed by atoms with Gasteiger partial charge in [0.05, 0.1) is 18.4 Å². The summed E-state index contributed by atoms with van der Waals surface area (Å²) in [6.45, 7) is 2.78. The number of nitrogens with zero attached hydrogens (tertiary/aromatic N) is 4. The van der Waals surface area contributed by atoms with Crippen molar-refractivity contribution >= 4 is 17.7 Å². The summed E-state index contributed by atoms with van der Waals surface area (Å²) in [6, 6.07) is 7.87. The van der Waals surface area contributed by atoms with Crippen LogP contribution in [0.1, 0.15) is 19.8 Å². The zero-order valence-electron chi connectivity index (χ0n) is 14.8. The number of ether oxygens (including phenoxy) is 2. The molecule has 3 rings (SSSR count). The summed E-state index contributed by atoms with van der Waals surface area (Å²) >= 11 is 1.19. The maximum atomic E-state index is 13.2. The number of carbonyl (C=O) groups is 1. The van der Waals surface area contributed by atoms with Gasteiger partial charge < -0.3 is 9.47 Å². The minimum Gasteiger partial charge on any atom is -0.447 e. The topological polar surface area (TPSA) is 90.0 Å². The van der Waals surface area contributed by atoms with Crippen molar-refractivity contribution in [1.82, 2.24) is 14.8 Å². The summed E-state index contributed by atoms with van der Waals surface area (Å²) in [7, 11) is 0. The number of aromatic nitrogens is 3. The van der Waals surface area contributed by atoms with E-state index in [1.165, 1.54) is 30.8 Å². The van der Waals surface area contributed by atoms with Crippen molar-refractivity contribution in [3.05, 3.63) is 30.1 Å². The van der Waals surface area contributed by atoms with Crippen molar-refractivity contribution in [1.29, 1.82) is 5.26 Å². The molecule has 1 saturated heterocycles. The molecule has 1 aromatic heterocycles. The summed E-state index contributed by atoms with van der Waals surface area (Å²) in [4.78, 5) is 11.8. The highest BCUT2D eigenvalue weighted by Gasteiger charge is 2.22. The Labute approximate surface area is 160 Å². The number of thioether (sulfide) groups is 1. The largest absolute Gasteiger partial charge is 0.447 e. The minimum atomic E-state index is -0.794. The Balaban J connectivity index is 1.79. The molecule has 0 amide bonds. The predicted octanol–water partition coefficient (Wildman–Crippen LogP) is 2.81. The molecule has 142 valence electrons. The average molecular weight is 390 g/mol. The van der Waals surface area contributed by atoms with Crippen molar-refractivity contribution in [3.63, 3.8) is 0 Å². The van der Waals surface area contributed by atoms with Gasteiger partial charge in [0.25, 0.3) is 0 Å². The van der Waals surface area contributed by atoms with E-state index in [1.807, 2.05) is 10.6 Å². The standard InChI is InChI=1S/C18H19FN4O3S/c1-12(9-20)26-16(24)11-27-18-22-21-17(13-4-6-14(19)7-5-13)23(18)10-15-3-2-8-25-15/h4-7,12,15H,2-3,8,10-11H2,1H3/t12-,15-/m0/s1. The van der Waals surface area contributed by atoms with E-state index in [2.05, 4.69) is 10.2 Å². The second-order valence-electron chi connectivity index (χ2n) is 6.11. The Hall–Kier alpha value is -2.44. The molecule has 1 fully saturated rings. The van der Waals surface area contributed by atoms with Gasteiger partial charge in [-0.15, -0.1) is 10.2 Å². The normalized spacial score (nSPS) is 17.4. The van der Waals surface area contributed by atoms with Crippen molar-refractivity contribution in [2.75, 3.05) is 12.4 Å². The van der Waals surface area contributed by atoms with E-state index in [9.17, 15) is 9.18 Å². The molecule has 0 aliphatic carbocycles. The second-order valence-corrected chi connectivity index (χ2v) is 7.05. The number of carbonyl (C=O) groups excluding carboxylic acids is 1. The van der Waals surface area contributed by atoms with Crippen LogP contribution in [0.25, 0.3) is 11.4 Å². The summed E-state index contributed by atoms with van der Waals surface area (Å²) < 4.78 is 25.8. The van der Waals surface area contributed by atoms with Gasteiger partial charge in [0, 0.05) is 12.2 Å². The highest BCUT2D eigenvalue weighted by Crippen LogP contribution is 2.26. The highest BCUT2D eigenvalue weighted by atomic mass is 32.2. The fourth-order valence-electron chi connectivity index (χ4n) is 2.75. The number of halogens is 1. The first-order valence-electron chi connectivity index (χ1n) is 8.59. The fourth-order valence-corrected chi connectivity index (χ4v) is 3.48. The molecule has 0 saturated carbocycles. The third-order valence-electron chi connectivity index (χ3n) is 4.04. The summed E-state index contributed by atoms with van der Waals surface area (Å²) in [5, 5.41) is 17.7. The van der Waals surface area contributed by atoms with E-state index >= 15 is 0 Å². The van der Waals surface area contributed by atoms with E-state index in [4.69, 9.17) is 14.7 Å². The van der Waals surface area contributed by atoms with Crippen LogP contribution in [0.2, 0.25) is 0 Å². The Bertz CT molecular complexity index is 828.